The lowest BCUT2D eigenvalue weighted by Crippen LogP contribution is -2.34. The highest BCUT2D eigenvalue weighted by molar-refractivity contribution is 5.98. The summed E-state index contributed by atoms with van der Waals surface area (Å²) in [5, 5.41) is 3.29. The Morgan fingerprint density at radius 3 is 2.69 bits per heavy atom. The number of hydrogen-bond acceptors (Lipinski definition) is 2. The van der Waals surface area contributed by atoms with Crippen LogP contribution in [0.3, 0.4) is 0 Å². The highest BCUT2D eigenvalue weighted by Crippen LogP contribution is 2.17. The van der Waals surface area contributed by atoms with Crippen LogP contribution in [0.5, 0.6) is 0 Å². The minimum atomic E-state index is 0.182. The molecule has 2 nitrogen and oxygen atoms in total. The Bertz CT molecular complexity index is 350. The van der Waals surface area contributed by atoms with Crippen molar-refractivity contribution in [1.29, 1.82) is 0 Å². The standard InChI is InChI=1S/C14H19NO/c1-2-11-5-7-12(8-6-11)14(16)13-4-3-9-15-10-13/h5-8,13,15H,2-4,9-10H2,1H3. The molecular formula is C14H19NO. The maximum atomic E-state index is 12.2. The van der Waals surface area contributed by atoms with E-state index in [0.29, 0.717) is 5.78 Å². The molecule has 1 unspecified atom stereocenters. The number of rotatable bonds is 3. The Hall–Kier alpha value is -1.15. The number of piperidine rings is 1. The Kier molecular flexibility index (Phi) is 3.73. The molecule has 1 N–H and O–H groups in total. The highest BCUT2D eigenvalue weighted by atomic mass is 16.1. The van der Waals surface area contributed by atoms with E-state index in [9.17, 15) is 4.79 Å². The van der Waals surface area contributed by atoms with Crippen molar-refractivity contribution in [1.82, 2.24) is 5.32 Å². The third-order valence-electron chi connectivity index (χ3n) is 3.31. The van der Waals surface area contributed by atoms with Gasteiger partial charge in [-0.1, -0.05) is 31.2 Å². The summed E-state index contributed by atoms with van der Waals surface area (Å²) in [4.78, 5) is 12.2. The molecule has 1 aliphatic rings. The first-order valence-electron chi connectivity index (χ1n) is 6.15. The molecule has 2 rings (SSSR count). The molecule has 0 aromatic heterocycles. The normalized spacial score (nSPS) is 20.7. The summed E-state index contributed by atoms with van der Waals surface area (Å²) in [6.45, 7) is 4.02. The predicted octanol–water partition coefficient (Wildman–Crippen LogP) is 2.43. The molecule has 1 atom stereocenters. The Balaban J connectivity index is 2.07. The van der Waals surface area contributed by atoms with Crippen molar-refractivity contribution in [2.45, 2.75) is 26.2 Å². The molecule has 0 bridgehead atoms. The Morgan fingerprint density at radius 2 is 2.12 bits per heavy atom. The minimum Gasteiger partial charge on any atom is -0.316 e. The Labute approximate surface area is 97.1 Å². The third-order valence-corrected chi connectivity index (χ3v) is 3.31. The van der Waals surface area contributed by atoms with Crippen molar-refractivity contribution in [2.75, 3.05) is 13.1 Å². The van der Waals surface area contributed by atoms with Crippen molar-refractivity contribution >= 4 is 5.78 Å². The van der Waals surface area contributed by atoms with E-state index >= 15 is 0 Å². The summed E-state index contributed by atoms with van der Waals surface area (Å²) >= 11 is 0. The van der Waals surface area contributed by atoms with Crippen LogP contribution < -0.4 is 5.32 Å². The first-order chi connectivity index (χ1) is 7.81. The smallest absolute Gasteiger partial charge is 0.167 e. The fourth-order valence-corrected chi connectivity index (χ4v) is 2.22. The van der Waals surface area contributed by atoms with Gasteiger partial charge < -0.3 is 5.32 Å². The van der Waals surface area contributed by atoms with Crippen LogP contribution in [0, 0.1) is 5.92 Å². The topological polar surface area (TPSA) is 29.1 Å². The second-order valence-corrected chi connectivity index (χ2v) is 4.46. The van der Waals surface area contributed by atoms with Crippen molar-refractivity contribution < 1.29 is 4.79 Å². The lowest BCUT2D eigenvalue weighted by Gasteiger charge is -2.21. The third kappa shape index (κ3) is 2.50. The molecule has 86 valence electrons. The lowest BCUT2D eigenvalue weighted by atomic mass is 9.90. The van der Waals surface area contributed by atoms with Crippen LogP contribution in [0.15, 0.2) is 24.3 Å². The molecule has 1 fully saturated rings. The zero-order valence-electron chi connectivity index (χ0n) is 9.83. The second-order valence-electron chi connectivity index (χ2n) is 4.46. The summed E-state index contributed by atoms with van der Waals surface area (Å²) in [5.74, 6) is 0.482. The van der Waals surface area contributed by atoms with Gasteiger partial charge in [-0.05, 0) is 31.4 Å². The predicted molar refractivity (Wildman–Crippen MR) is 65.7 cm³/mol. The summed E-state index contributed by atoms with van der Waals surface area (Å²) in [6.07, 6.45) is 3.17. The number of nitrogens with one attached hydrogen (secondary N) is 1. The molecule has 0 spiro atoms. The number of ketones is 1. The molecule has 1 saturated heterocycles. The zero-order chi connectivity index (χ0) is 11.4. The van der Waals surface area contributed by atoms with Gasteiger partial charge in [0, 0.05) is 18.0 Å². The summed E-state index contributed by atoms with van der Waals surface area (Å²) < 4.78 is 0. The highest BCUT2D eigenvalue weighted by Gasteiger charge is 2.21. The van der Waals surface area contributed by atoms with Crippen LogP contribution in [-0.4, -0.2) is 18.9 Å². The molecule has 16 heavy (non-hydrogen) atoms. The van der Waals surface area contributed by atoms with Crippen molar-refractivity contribution in [3.63, 3.8) is 0 Å². The number of carbonyl (C=O) groups excluding carboxylic acids is 1. The average molecular weight is 217 g/mol. The van der Waals surface area contributed by atoms with E-state index < -0.39 is 0 Å². The van der Waals surface area contributed by atoms with E-state index in [-0.39, 0.29) is 5.92 Å². The number of carbonyl (C=O) groups is 1. The van der Waals surface area contributed by atoms with E-state index in [2.05, 4.69) is 24.4 Å². The molecule has 0 amide bonds. The molecule has 1 aromatic carbocycles. The molecule has 2 heteroatoms. The zero-order valence-corrected chi connectivity index (χ0v) is 9.83. The molecule has 0 radical (unpaired) electrons. The number of aryl methyl sites for hydroxylation is 1. The number of Topliss-reactive ketones (excluding diaryl/α,β-unsaturated/α-hetero) is 1. The van der Waals surface area contributed by atoms with E-state index in [1.54, 1.807) is 0 Å². The quantitative estimate of drug-likeness (QED) is 0.788. The maximum absolute atomic E-state index is 12.2. The van der Waals surface area contributed by atoms with Crippen molar-refractivity contribution in [3.8, 4) is 0 Å². The van der Waals surface area contributed by atoms with Gasteiger partial charge in [0.05, 0.1) is 0 Å². The van der Waals surface area contributed by atoms with Crippen molar-refractivity contribution in [2.24, 2.45) is 5.92 Å². The Morgan fingerprint density at radius 1 is 1.38 bits per heavy atom. The van der Waals surface area contributed by atoms with Gasteiger partial charge in [0.2, 0.25) is 0 Å². The second kappa shape index (κ2) is 5.26. The van der Waals surface area contributed by atoms with E-state index in [1.165, 1.54) is 5.56 Å². The van der Waals surface area contributed by atoms with Gasteiger partial charge in [-0.3, -0.25) is 4.79 Å². The summed E-state index contributed by atoms with van der Waals surface area (Å²) in [6, 6.07) is 8.05. The van der Waals surface area contributed by atoms with Gasteiger partial charge in [-0.25, -0.2) is 0 Å². The van der Waals surface area contributed by atoms with Gasteiger partial charge in [0.25, 0.3) is 0 Å². The largest absolute Gasteiger partial charge is 0.316 e. The SMILES string of the molecule is CCc1ccc(C(=O)C2CCCNC2)cc1. The van der Waals surface area contributed by atoms with Gasteiger partial charge in [-0.15, -0.1) is 0 Å². The van der Waals surface area contributed by atoms with E-state index in [4.69, 9.17) is 0 Å². The molecule has 0 aliphatic carbocycles. The van der Waals surface area contributed by atoms with Gasteiger partial charge in [-0.2, -0.15) is 0 Å². The fourth-order valence-electron chi connectivity index (χ4n) is 2.22. The molecule has 1 aliphatic heterocycles. The van der Waals surface area contributed by atoms with Gasteiger partial charge >= 0.3 is 0 Å². The first kappa shape index (κ1) is 11.3. The lowest BCUT2D eigenvalue weighted by molar-refractivity contribution is 0.0899. The van der Waals surface area contributed by atoms with Gasteiger partial charge in [0.1, 0.15) is 0 Å². The van der Waals surface area contributed by atoms with Crippen LogP contribution in [0.1, 0.15) is 35.7 Å². The molecule has 0 saturated carbocycles. The van der Waals surface area contributed by atoms with Crippen LogP contribution in [0.25, 0.3) is 0 Å². The van der Waals surface area contributed by atoms with Crippen LogP contribution >= 0.6 is 0 Å². The molecular weight excluding hydrogens is 198 g/mol. The van der Waals surface area contributed by atoms with E-state index in [0.717, 1.165) is 37.9 Å². The van der Waals surface area contributed by atoms with Crippen LogP contribution in [-0.2, 0) is 6.42 Å². The number of hydrogen-bond donors (Lipinski definition) is 1. The molecule has 1 aromatic rings. The number of benzene rings is 1. The van der Waals surface area contributed by atoms with Gasteiger partial charge in [0.15, 0.2) is 5.78 Å². The van der Waals surface area contributed by atoms with Crippen molar-refractivity contribution in [3.05, 3.63) is 35.4 Å². The van der Waals surface area contributed by atoms with Crippen LogP contribution in [0.4, 0.5) is 0 Å². The first-order valence-corrected chi connectivity index (χ1v) is 6.15. The van der Waals surface area contributed by atoms with Crippen LogP contribution in [0.2, 0.25) is 0 Å². The molecule has 1 heterocycles. The summed E-state index contributed by atoms with van der Waals surface area (Å²) in [5.41, 5.74) is 2.16. The average Bonchev–Trinajstić information content (AvgIpc) is 2.39. The maximum Gasteiger partial charge on any atom is 0.167 e. The summed E-state index contributed by atoms with van der Waals surface area (Å²) in [7, 11) is 0. The van der Waals surface area contributed by atoms with E-state index in [1.807, 2.05) is 12.1 Å². The monoisotopic (exact) mass is 217 g/mol. The fraction of sp³-hybridized carbons (Fsp3) is 0.500. The minimum absolute atomic E-state index is 0.182.